The van der Waals surface area contributed by atoms with Crippen molar-refractivity contribution in [3.63, 3.8) is 0 Å². The molecule has 0 aliphatic carbocycles. The van der Waals surface area contributed by atoms with Crippen LogP contribution in [-0.4, -0.2) is 42.7 Å². The summed E-state index contributed by atoms with van der Waals surface area (Å²) in [5.74, 6) is -0.419. The Morgan fingerprint density at radius 3 is 2.55 bits per heavy atom. The molecule has 1 aromatic carbocycles. The van der Waals surface area contributed by atoms with Crippen molar-refractivity contribution in [1.82, 2.24) is 4.90 Å². The Balaban J connectivity index is 2.96. The van der Waals surface area contributed by atoms with E-state index in [1.807, 2.05) is 14.1 Å². The second-order valence-electron chi connectivity index (χ2n) is 5.73. The first-order chi connectivity index (χ1) is 9.29. The monoisotopic (exact) mass is 298 g/mol. The van der Waals surface area contributed by atoms with Gasteiger partial charge in [0, 0.05) is 17.6 Å². The standard InChI is InChI=1S/C15H23ClN2O2/c1-10(2)7-12(9-18(3)4)17-14-8-11(16)5-6-13(14)15(19)20/h5-6,8,10,12,17H,7,9H2,1-4H3,(H,19,20). The van der Waals surface area contributed by atoms with Gasteiger partial charge < -0.3 is 15.3 Å². The van der Waals surface area contributed by atoms with E-state index in [4.69, 9.17) is 11.6 Å². The summed E-state index contributed by atoms with van der Waals surface area (Å²) in [6.45, 7) is 5.14. The normalized spacial score (nSPS) is 12.8. The van der Waals surface area contributed by atoms with Crippen LogP contribution in [0.15, 0.2) is 18.2 Å². The molecule has 1 atom stereocenters. The lowest BCUT2D eigenvalue weighted by Crippen LogP contribution is -2.34. The number of aromatic carboxylic acids is 1. The van der Waals surface area contributed by atoms with Crippen molar-refractivity contribution in [3.05, 3.63) is 28.8 Å². The third-order valence-corrected chi connectivity index (χ3v) is 3.15. The zero-order chi connectivity index (χ0) is 15.3. The first-order valence-corrected chi connectivity index (χ1v) is 7.11. The van der Waals surface area contributed by atoms with Gasteiger partial charge >= 0.3 is 5.97 Å². The van der Waals surface area contributed by atoms with Gasteiger partial charge in [0.15, 0.2) is 0 Å². The molecule has 1 aromatic rings. The molecular weight excluding hydrogens is 276 g/mol. The second kappa shape index (κ2) is 7.50. The highest BCUT2D eigenvalue weighted by molar-refractivity contribution is 6.31. The van der Waals surface area contributed by atoms with Gasteiger partial charge in [0.05, 0.1) is 11.3 Å². The predicted octanol–water partition coefficient (Wildman–Crippen LogP) is 3.43. The van der Waals surface area contributed by atoms with E-state index in [2.05, 4.69) is 24.1 Å². The minimum absolute atomic E-state index is 0.182. The molecule has 4 nitrogen and oxygen atoms in total. The number of anilines is 1. The fraction of sp³-hybridized carbons (Fsp3) is 0.533. The van der Waals surface area contributed by atoms with Gasteiger partial charge in [0.25, 0.3) is 0 Å². The van der Waals surface area contributed by atoms with Gasteiger partial charge in [-0.15, -0.1) is 0 Å². The number of benzene rings is 1. The summed E-state index contributed by atoms with van der Waals surface area (Å²) in [4.78, 5) is 13.4. The van der Waals surface area contributed by atoms with Gasteiger partial charge in [0.2, 0.25) is 0 Å². The van der Waals surface area contributed by atoms with E-state index in [1.54, 1.807) is 12.1 Å². The summed E-state index contributed by atoms with van der Waals surface area (Å²) in [7, 11) is 4.01. The van der Waals surface area contributed by atoms with Crippen LogP contribution >= 0.6 is 11.6 Å². The van der Waals surface area contributed by atoms with Gasteiger partial charge in [-0.3, -0.25) is 0 Å². The molecule has 20 heavy (non-hydrogen) atoms. The molecule has 0 aliphatic heterocycles. The molecule has 2 N–H and O–H groups in total. The molecule has 0 radical (unpaired) electrons. The maximum Gasteiger partial charge on any atom is 0.337 e. The van der Waals surface area contributed by atoms with Crippen LogP contribution in [0, 0.1) is 5.92 Å². The van der Waals surface area contributed by atoms with Crippen molar-refractivity contribution in [2.45, 2.75) is 26.3 Å². The number of nitrogens with one attached hydrogen (secondary N) is 1. The first kappa shape index (κ1) is 16.8. The van der Waals surface area contributed by atoms with Crippen molar-refractivity contribution in [2.24, 2.45) is 5.92 Å². The SMILES string of the molecule is CC(C)CC(CN(C)C)Nc1cc(Cl)ccc1C(=O)O. The highest BCUT2D eigenvalue weighted by Gasteiger charge is 2.16. The van der Waals surface area contributed by atoms with Gasteiger partial charge in [-0.1, -0.05) is 25.4 Å². The van der Waals surface area contributed by atoms with Crippen LogP contribution in [0.3, 0.4) is 0 Å². The molecule has 1 unspecified atom stereocenters. The quantitative estimate of drug-likeness (QED) is 0.810. The Morgan fingerprint density at radius 1 is 1.40 bits per heavy atom. The Labute approximate surface area is 125 Å². The number of hydrogen-bond acceptors (Lipinski definition) is 3. The van der Waals surface area contributed by atoms with E-state index in [0.29, 0.717) is 16.6 Å². The summed E-state index contributed by atoms with van der Waals surface area (Å²) in [6.07, 6.45) is 0.962. The summed E-state index contributed by atoms with van der Waals surface area (Å²) >= 11 is 5.97. The van der Waals surface area contributed by atoms with Crippen LogP contribution in [-0.2, 0) is 0 Å². The topological polar surface area (TPSA) is 52.6 Å². The Hall–Kier alpha value is -1.26. The number of carbonyl (C=O) groups is 1. The smallest absolute Gasteiger partial charge is 0.337 e. The molecule has 0 fully saturated rings. The lowest BCUT2D eigenvalue weighted by atomic mass is 10.0. The first-order valence-electron chi connectivity index (χ1n) is 6.73. The number of carboxylic acids is 1. The van der Waals surface area contributed by atoms with Gasteiger partial charge in [0.1, 0.15) is 0 Å². The van der Waals surface area contributed by atoms with Crippen molar-refractivity contribution >= 4 is 23.3 Å². The van der Waals surface area contributed by atoms with E-state index >= 15 is 0 Å². The third-order valence-electron chi connectivity index (χ3n) is 2.91. The zero-order valence-corrected chi connectivity index (χ0v) is 13.2. The van der Waals surface area contributed by atoms with E-state index < -0.39 is 5.97 Å². The molecule has 0 saturated heterocycles. The van der Waals surface area contributed by atoms with Crippen LogP contribution in [0.2, 0.25) is 5.02 Å². The van der Waals surface area contributed by atoms with E-state index in [1.165, 1.54) is 6.07 Å². The number of halogens is 1. The second-order valence-corrected chi connectivity index (χ2v) is 6.16. The maximum absolute atomic E-state index is 11.3. The molecular formula is C15H23ClN2O2. The fourth-order valence-electron chi connectivity index (χ4n) is 2.23. The molecule has 0 amide bonds. The molecule has 0 bridgehead atoms. The highest BCUT2D eigenvalue weighted by atomic mass is 35.5. The molecule has 0 spiro atoms. The summed E-state index contributed by atoms with van der Waals surface area (Å²) < 4.78 is 0. The average molecular weight is 299 g/mol. The molecule has 0 saturated carbocycles. The molecule has 0 heterocycles. The zero-order valence-electron chi connectivity index (χ0n) is 12.5. The number of carboxylic acid groups (broad SMARTS) is 1. The Kier molecular flexibility index (Phi) is 6.30. The highest BCUT2D eigenvalue weighted by Crippen LogP contribution is 2.23. The van der Waals surface area contributed by atoms with Crippen molar-refractivity contribution in [3.8, 4) is 0 Å². The molecule has 1 rings (SSSR count). The fourth-order valence-corrected chi connectivity index (χ4v) is 2.40. The molecule has 0 aromatic heterocycles. The van der Waals surface area contributed by atoms with Crippen LogP contribution in [0.25, 0.3) is 0 Å². The van der Waals surface area contributed by atoms with E-state index in [9.17, 15) is 9.90 Å². The van der Waals surface area contributed by atoms with Crippen LogP contribution in [0.5, 0.6) is 0 Å². The minimum atomic E-state index is -0.947. The van der Waals surface area contributed by atoms with Gasteiger partial charge in [-0.25, -0.2) is 4.79 Å². The predicted molar refractivity (Wildman–Crippen MR) is 83.8 cm³/mol. The Bertz CT molecular complexity index is 451. The van der Waals surface area contributed by atoms with Crippen molar-refractivity contribution in [2.75, 3.05) is 26.0 Å². The van der Waals surface area contributed by atoms with Crippen LogP contribution < -0.4 is 5.32 Å². The number of likely N-dealkylation sites (N-methyl/N-ethyl adjacent to an activating group) is 1. The maximum atomic E-state index is 11.3. The number of nitrogens with zero attached hydrogens (tertiary/aromatic N) is 1. The molecule has 0 aliphatic rings. The summed E-state index contributed by atoms with van der Waals surface area (Å²) in [5, 5.41) is 13.1. The Morgan fingerprint density at radius 2 is 2.05 bits per heavy atom. The van der Waals surface area contributed by atoms with Crippen LogP contribution in [0.4, 0.5) is 5.69 Å². The van der Waals surface area contributed by atoms with Crippen molar-refractivity contribution in [1.29, 1.82) is 0 Å². The van der Waals surface area contributed by atoms with E-state index in [0.717, 1.165) is 13.0 Å². The average Bonchev–Trinajstić information content (AvgIpc) is 2.26. The van der Waals surface area contributed by atoms with Gasteiger partial charge in [-0.05, 0) is 44.6 Å². The summed E-state index contributed by atoms with van der Waals surface area (Å²) in [6, 6.07) is 4.99. The lowest BCUT2D eigenvalue weighted by molar-refractivity contribution is 0.0698. The van der Waals surface area contributed by atoms with Gasteiger partial charge in [-0.2, -0.15) is 0 Å². The van der Waals surface area contributed by atoms with Crippen LogP contribution in [0.1, 0.15) is 30.6 Å². The third kappa shape index (κ3) is 5.39. The van der Waals surface area contributed by atoms with Crippen molar-refractivity contribution < 1.29 is 9.90 Å². The number of rotatable bonds is 7. The summed E-state index contributed by atoms with van der Waals surface area (Å²) in [5.41, 5.74) is 0.833. The largest absolute Gasteiger partial charge is 0.478 e. The lowest BCUT2D eigenvalue weighted by Gasteiger charge is -2.25. The van der Waals surface area contributed by atoms with E-state index in [-0.39, 0.29) is 11.6 Å². The molecule has 112 valence electrons. The number of hydrogen-bond donors (Lipinski definition) is 2. The molecule has 5 heteroatoms. The minimum Gasteiger partial charge on any atom is -0.478 e.